The number of aliphatic carboxylic acids is 1. The molecule has 1 saturated carbocycles. The van der Waals surface area contributed by atoms with E-state index in [1.165, 1.54) is 0 Å². The van der Waals surface area contributed by atoms with E-state index in [4.69, 9.17) is 5.11 Å². The molecule has 0 saturated heterocycles. The lowest BCUT2D eigenvalue weighted by Gasteiger charge is -2.32. The maximum Gasteiger partial charge on any atom is 0.306 e. The number of rotatable bonds is 3. The summed E-state index contributed by atoms with van der Waals surface area (Å²) in [4.78, 5) is 22.4. The zero-order chi connectivity index (χ0) is 12.4. The van der Waals surface area contributed by atoms with Gasteiger partial charge in [-0.05, 0) is 59.7 Å². The van der Waals surface area contributed by atoms with Gasteiger partial charge in [-0.25, -0.2) is 0 Å². The van der Waals surface area contributed by atoms with Crippen molar-refractivity contribution in [3.63, 3.8) is 0 Å². The molecular formula is C12H12INO3. The fraction of sp³-hybridized carbons (Fsp3) is 0.333. The first-order valence-corrected chi connectivity index (χ1v) is 6.43. The highest BCUT2D eigenvalue weighted by Gasteiger charge is 2.35. The van der Waals surface area contributed by atoms with Gasteiger partial charge in [-0.2, -0.15) is 0 Å². The van der Waals surface area contributed by atoms with Crippen LogP contribution in [0.4, 0.5) is 0 Å². The minimum Gasteiger partial charge on any atom is -0.481 e. The van der Waals surface area contributed by atoms with Crippen molar-refractivity contribution in [1.29, 1.82) is 0 Å². The van der Waals surface area contributed by atoms with Gasteiger partial charge in [-0.15, -0.1) is 0 Å². The largest absolute Gasteiger partial charge is 0.481 e. The molecule has 1 aromatic carbocycles. The molecule has 5 heteroatoms. The Hall–Kier alpha value is -1.11. The first-order valence-electron chi connectivity index (χ1n) is 5.35. The highest BCUT2D eigenvalue weighted by molar-refractivity contribution is 14.1. The average Bonchev–Trinajstić information content (AvgIpc) is 2.23. The van der Waals surface area contributed by atoms with E-state index in [1.807, 2.05) is 12.1 Å². The normalized spacial score (nSPS) is 22.6. The van der Waals surface area contributed by atoms with Crippen molar-refractivity contribution in [1.82, 2.24) is 5.32 Å². The van der Waals surface area contributed by atoms with Crippen LogP contribution >= 0.6 is 22.6 Å². The summed E-state index contributed by atoms with van der Waals surface area (Å²) in [7, 11) is 0. The van der Waals surface area contributed by atoms with Crippen LogP contribution in [0.15, 0.2) is 24.3 Å². The number of halogens is 1. The Morgan fingerprint density at radius 1 is 1.24 bits per heavy atom. The van der Waals surface area contributed by atoms with Crippen LogP contribution in [-0.4, -0.2) is 23.0 Å². The van der Waals surface area contributed by atoms with Gasteiger partial charge in [0, 0.05) is 15.2 Å². The molecule has 0 bridgehead atoms. The van der Waals surface area contributed by atoms with Crippen molar-refractivity contribution in [2.45, 2.75) is 18.9 Å². The Morgan fingerprint density at radius 3 is 2.35 bits per heavy atom. The Bertz CT molecular complexity index is 438. The van der Waals surface area contributed by atoms with Crippen molar-refractivity contribution < 1.29 is 14.7 Å². The molecule has 1 aliphatic carbocycles. The summed E-state index contributed by atoms with van der Waals surface area (Å²) >= 11 is 2.18. The lowest BCUT2D eigenvalue weighted by molar-refractivity contribution is -0.145. The Balaban J connectivity index is 1.87. The second-order valence-corrected chi connectivity index (χ2v) is 5.43. The lowest BCUT2D eigenvalue weighted by atomic mass is 9.80. The van der Waals surface area contributed by atoms with E-state index < -0.39 is 5.97 Å². The molecule has 1 aromatic rings. The van der Waals surface area contributed by atoms with Crippen molar-refractivity contribution in [2.24, 2.45) is 5.92 Å². The number of carbonyl (C=O) groups is 2. The molecule has 0 heterocycles. The number of amides is 1. The minimum atomic E-state index is -0.773. The van der Waals surface area contributed by atoms with Crippen LogP contribution in [0.1, 0.15) is 23.2 Å². The third kappa shape index (κ3) is 2.96. The van der Waals surface area contributed by atoms with E-state index in [2.05, 4.69) is 27.9 Å². The molecule has 1 amide bonds. The molecular weight excluding hydrogens is 333 g/mol. The molecule has 0 atom stereocenters. The zero-order valence-electron chi connectivity index (χ0n) is 9.02. The van der Waals surface area contributed by atoms with Crippen LogP contribution in [0.25, 0.3) is 0 Å². The smallest absolute Gasteiger partial charge is 0.306 e. The second-order valence-electron chi connectivity index (χ2n) is 4.18. The minimum absolute atomic E-state index is 0.00266. The van der Waals surface area contributed by atoms with Gasteiger partial charge in [0.15, 0.2) is 0 Å². The standard InChI is InChI=1S/C12H12INO3/c13-9-3-1-7(2-4-9)11(15)14-10-5-8(6-10)12(16)17/h1-4,8,10H,5-6H2,(H,14,15)(H,16,17). The van der Waals surface area contributed by atoms with Gasteiger partial charge in [0.2, 0.25) is 0 Å². The lowest BCUT2D eigenvalue weighted by Crippen LogP contribution is -2.46. The van der Waals surface area contributed by atoms with E-state index >= 15 is 0 Å². The summed E-state index contributed by atoms with van der Waals surface area (Å²) in [5, 5.41) is 11.6. The van der Waals surface area contributed by atoms with Gasteiger partial charge in [-0.1, -0.05) is 0 Å². The first kappa shape index (κ1) is 12.3. The number of nitrogens with one attached hydrogen (secondary N) is 1. The topological polar surface area (TPSA) is 66.4 Å². The van der Waals surface area contributed by atoms with E-state index in [1.54, 1.807) is 12.1 Å². The average molecular weight is 345 g/mol. The monoisotopic (exact) mass is 345 g/mol. The molecule has 0 unspecified atom stereocenters. The van der Waals surface area contributed by atoms with Gasteiger partial charge < -0.3 is 10.4 Å². The second kappa shape index (κ2) is 5.03. The fourth-order valence-corrected chi connectivity index (χ4v) is 2.17. The van der Waals surface area contributed by atoms with Crippen LogP contribution in [0, 0.1) is 9.49 Å². The molecule has 0 spiro atoms. The molecule has 2 rings (SSSR count). The van der Waals surface area contributed by atoms with Gasteiger partial charge in [0.25, 0.3) is 5.91 Å². The fourth-order valence-electron chi connectivity index (χ4n) is 1.81. The first-order chi connectivity index (χ1) is 8.06. The summed E-state index contributed by atoms with van der Waals surface area (Å²) in [6.07, 6.45) is 1.07. The van der Waals surface area contributed by atoms with E-state index in [9.17, 15) is 9.59 Å². The van der Waals surface area contributed by atoms with Crippen LogP contribution in [-0.2, 0) is 4.79 Å². The number of benzene rings is 1. The van der Waals surface area contributed by atoms with Gasteiger partial charge in [0.1, 0.15) is 0 Å². The maximum absolute atomic E-state index is 11.8. The Kier molecular flexibility index (Phi) is 3.66. The van der Waals surface area contributed by atoms with Crippen molar-refractivity contribution in [3.8, 4) is 0 Å². The van der Waals surface area contributed by atoms with Crippen LogP contribution in [0.5, 0.6) is 0 Å². The van der Waals surface area contributed by atoms with Crippen molar-refractivity contribution >= 4 is 34.5 Å². The summed E-state index contributed by atoms with van der Waals surface area (Å²) < 4.78 is 1.08. The van der Waals surface area contributed by atoms with Gasteiger partial charge in [-0.3, -0.25) is 9.59 Å². The van der Waals surface area contributed by atoms with Gasteiger partial charge >= 0.3 is 5.97 Å². The molecule has 1 aliphatic rings. The van der Waals surface area contributed by atoms with Crippen LogP contribution < -0.4 is 5.32 Å². The molecule has 17 heavy (non-hydrogen) atoms. The van der Waals surface area contributed by atoms with Gasteiger partial charge in [0.05, 0.1) is 5.92 Å². The molecule has 90 valence electrons. The predicted molar refractivity (Wildman–Crippen MR) is 70.8 cm³/mol. The Labute approximate surface area is 113 Å². The quantitative estimate of drug-likeness (QED) is 0.823. The number of hydrogen-bond donors (Lipinski definition) is 2. The number of carboxylic acids is 1. The highest BCUT2D eigenvalue weighted by atomic mass is 127. The van der Waals surface area contributed by atoms with Crippen molar-refractivity contribution in [2.75, 3.05) is 0 Å². The Morgan fingerprint density at radius 2 is 1.82 bits per heavy atom. The van der Waals surface area contributed by atoms with E-state index in [-0.39, 0.29) is 17.9 Å². The van der Waals surface area contributed by atoms with Crippen LogP contribution in [0.2, 0.25) is 0 Å². The number of carboxylic acid groups (broad SMARTS) is 1. The third-order valence-corrected chi connectivity index (χ3v) is 3.65. The molecule has 0 aromatic heterocycles. The molecule has 0 aliphatic heterocycles. The summed E-state index contributed by atoms with van der Waals surface area (Å²) in [5.74, 6) is -1.20. The predicted octanol–water partition coefficient (Wildman–Crippen LogP) is 1.88. The van der Waals surface area contributed by atoms with Crippen LogP contribution in [0.3, 0.4) is 0 Å². The molecule has 2 N–H and O–H groups in total. The zero-order valence-corrected chi connectivity index (χ0v) is 11.2. The molecule has 4 nitrogen and oxygen atoms in total. The summed E-state index contributed by atoms with van der Waals surface area (Å²) in [5.41, 5.74) is 0.615. The number of hydrogen-bond acceptors (Lipinski definition) is 2. The third-order valence-electron chi connectivity index (χ3n) is 2.93. The maximum atomic E-state index is 11.8. The summed E-state index contributed by atoms with van der Waals surface area (Å²) in [6.45, 7) is 0. The number of carbonyl (C=O) groups excluding carboxylic acids is 1. The highest BCUT2D eigenvalue weighted by Crippen LogP contribution is 2.27. The van der Waals surface area contributed by atoms with Crippen molar-refractivity contribution in [3.05, 3.63) is 33.4 Å². The van der Waals surface area contributed by atoms with E-state index in [0.717, 1.165) is 3.57 Å². The summed E-state index contributed by atoms with van der Waals surface area (Å²) in [6, 6.07) is 7.28. The van der Waals surface area contributed by atoms with E-state index in [0.29, 0.717) is 18.4 Å². The molecule has 0 radical (unpaired) electrons. The SMILES string of the molecule is O=C(NC1CC(C(=O)O)C1)c1ccc(I)cc1. The molecule has 1 fully saturated rings.